The van der Waals surface area contributed by atoms with E-state index < -0.39 is 7.14 Å². The number of hydrogen-bond donors (Lipinski definition) is 0. The lowest BCUT2D eigenvalue weighted by molar-refractivity contribution is 0.298. The molecule has 0 saturated carbocycles. The number of hydrogen-bond acceptors (Lipinski definition) is 9. The van der Waals surface area contributed by atoms with E-state index in [1.165, 1.54) is 19.3 Å². The van der Waals surface area contributed by atoms with Crippen LogP contribution in [-0.4, -0.2) is 81.5 Å². The van der Waals surface area contributed by atoms with Crippen molar-refractivity contribution in [3.8, 4) is 23.0 Å². The number of ether oxygens (including phenoxy) is 4. The largest absolute Gasteiger partial charge is 0.493 e. The van der Waals surface area contributed by atoms with Crippen LogP contribution in [0.4, 0.5) is 11.4 Å². The Morgan fingerprint density at radius 3 is 2.35 bits per heavy atom. The zero-order chi connectivity index (χ0) is 28.1. The highest BCUT2D eigenvalue weighted by Gasteiger charge is 2.28. The highest BCUT2D eigenvalue weighted by Crippen LogP contribution is 2.48. The van der Waals surface area contributed by atoms with E-state index in [4.69, 9.17) is 23.9 Å². The van der Waals surface area contributed by atoms with Gasteiger partial charge in [0.2, 0.25) is 0 Å². The average molecular weight is 569 g/mol. The molecule has 2 aromatic rings. The molecule has 0 spiro atoms. The summed E-state index contributed by atoms with van der Waals surface area (Å²) in [6.45, 7) is 10.5. The molecular formula is C30H41N4O5P. The normalized spacial score (nSPS) is 20.3. The summed E-state index contributed by atoms with van der Waals surface area (Å²) < 4.78 is 37.4. The Bertz CT molecular complexity index is 1290. The van der Waals surface area contributed by atoms with Gasteiger partial charge < -0.3 is 23.5 Å². The average Bonchev–Trinajstić information content (AvgIpc) is 3.63. The van der Waals surface area contributed by atoms with Crippen molar-refractivity contribution in [2.45, 2.75) is 51.7 Å². The molecule has 216 valence electrons. The maximum absolute atomic E-state index is 13.8. The van der Waals surface area contributed by atoms with E-state index in [2.05, 4.69) is 21.5 Å². The van der Waals surface area contributed by atoms with Gasteiger partial charge in [0, 0.05) is 43.6 Å². The summed E-state index contributed by atoms with van der Waals surface area (Å²) in [5, 5.41) is 0. The standard InChI is InChI=1S/C30H41N4O5P/c1-5-40(35,20-38-29-15-25(31-2)22(13-27(29)36-3)18-33-10-6-7-11-33)21-39-30-16-26-23(14-28(30)37-4)19-34-12-8-9-24(34)17-32-26/h13-17,24H,2,5-12,18-21H2,1,3-4H3/t24-,40?/m0/s1. The van der Waals surface area contributed by atoms with Crippen molar-refractivity contribution in [1.29, 1.82) is 0 Å². The lowest BCUT2D eigenvalue weighted by Gasteiger charge is -2.22. The van der Waals surface area contributed by atoms with Crippen LogP contribution in [0.25, 0.3) is 0 Å². The summed E-state index contributed by atoms with van der Waals surface area (Å²) in [5.74, 6) is 2.25. The van der Waals surface area contributed by atoms with Gasteiger partial charge in [0.25, 0.3) is 0 Å². The third-order valence-electron chi connectivity index (χ3n) is 8.15. The first-order chi connectivity index (χ1) is 19.4. The van der Waals surface area contributed by atoms with Crippen LogP contribution in [0.3, 0.4) is 0 Å². The van der Waals surface area contributed by atoms with Gasteiger partial charge in [-0.3, -0.25) is 19.8 Å². The number of aliphatic imine (C=N–C) groups is 2. The first-order valence-electron chi connectivity index (χ1n) is 14.2. The van der Waals surface area contributed by atoms with Crippen LogP contribution in [0.15, 0.2) is 34.3 Å². The molecule has 1 unspecified atom stereocenters. The van der Waals surface area contributed by atoms with E-state index in [0.29, 0.717) is 35.2 Å². The highest BCUT2D eigenvalue weighted by atomic mass is 31.2. The van der Waals surface area contributed by atoms with Crippen molar-refractivity contribution in [2.24, 2.45) is 9.98 Å². The van der Waals surface area contributed by atoms with E-state index in [0.717, 1.165) is 61.6 Å². The smallest absolute Gasteiger partial charge is 0.164 e. The van der Waals surface area contributed by atoms with Crippen LogP contribution in [0.2, 0.25) is 0 Å². The van der Waals surface area contributed by atoms with Gasteiger partial charge in [0.15, 0.2) is 30.1 Å². The van der Waals surface area contributed by atoms with Gasteiger partial charge in [-0.1, -0.05) is 6.92 Å². The quantitative estimate of drug-likeness (QED) is 0.227. The predicted molar refractivity (Wildman–Crippen MR) is 160 cm³/mol. The summed E-state index contributed by atoms with van der Waals surface area (Å²) in [6.07, 6.45) is 7.27. The van der Waals surface area contributed by atoms with E-state index in [1.54, 1.807) is 14.2 Å². The summed E-state index contributed by atoms with van der Waals surface area (Å²) in [6, 6.07) is 8.06. The Morgan fingerprint density at radius 2 is 1.68 bits per heavy atom. The topological polar surface area (TPSA) is 85.2 Å². The molecule has 2 atom stereocenters. The molecule has 2 saturated heterocycles. The van der Waals surface area contributed by atoms with Gasteiger partial charge in [-0.15, -0.1) is 0 Å². The van der Waals surface area contributed by atoms with E-state index >= 15 is 0 Å². The van der Waals surface area contributed by atoms with Gasteiger partial charge in [-0.25, -0.2) is 0 Å². The first kappa shape index (κ1) is 28.7. The Hall–Kier alpha value is -2.87. The monoisotopic (exact) mass is 568 g/mol. The van der Waals surface area contributed by atoms with Crippen LogP contribution in [0, 0.1) is 0 Å². The lowest BCUT2D eigenvalue weighted by atomic mass is 10.1. The van der Waals surface area contributed by atoms with Crippen LogP contribution < -0.4 is 18.9 Å². The van der Waals surface area contributed by atoms with Gasteiger partial charge in [0.1, 0.15) is 12.7 Å². The van der Waals surface area contributed by atoms with E-state index in [1.807, 2.05) is 37.4 Å². The molecule has 0 bridgehead atoms. The zero-order valence-electron chi connectivity index (χ0n) is 23.9. The fourth-order valence-corrected chi connectivity index (χ4v) is 6.81. The van der Waals surface area contributed by atoms with Gasteiger partial charge in [0.05, 0.1) is 25.6 Å². The number of nitrogens with zero attached hydrogens (tertiary/aromatic N) is 4. The summed E-state index contributed by atoms with van der Waals surface area (Å²) in [7, 11) is 0.379. The molecule has 40 heavy (non-hydrogen) atoms. The third-order valence-corrected chi connectivity index (χ3v) is 10.5. The van der Waals surface area contributed by atoms with Crippen molar-refractivity contribution in [3.63, 3.8) is 0 Å². The molecule has 3 heterocycles. The van der Waals surface area contributed by atoms with Crippen LogP contribution in [0.1, 0.15) is 43.7 Å². The number of fused-ring (bicyclic) bond motifs is 2. The maximum Gasteiger partial charge on any atom is 0.164 e. The second kappa shape index (κ2) is 12.8. The summed E-state index contributed by atoms with van der Waals surface area (Å²) in [5.41, 5.74) is 3.78. The van der Waals surface area contributed by atoms with Crippen molar-refractivity contribution in [3.05, 3.63) is 35.4 Å². The second-order valence-electron chi connectivity index (χ2n) is 10.8. The predicted octanol–water partition coefficient (Wildman–Crippen LogP) is 6.07. The second-order valence-corrected chi connectivity index (χ2v) is 14.0. The minimum Gasteiger partial charge on any atom is -0.493 e. The Kier molecular flexibility index (Phi) is 9.13. The van der Waals surface area contributed by atoms with Crippen LogP contribution in [0.5, 0.6) is 23.0 Å². The SMILES string of the molecule is C=Nc1cc(OCP(=O)(CC)COc2cc3c(cc2OC)CN2CCC[C@H]2C=N3)c(OC)cc1CN1CCCC1. The fraction of sp³-hybridized carbons (Fsp3) is 0.533. The summed E-state index contributed by atoms with van der Waals surface area (Å²) in [4.78, 5) is 13.8. The molecule has 10 heteroatoms. The lowest BCUT2D eigenvalue weighted by Crippen LogP contribution is -2.28. The highest BCUT2D eigenvalue weighted by molar-refractivity contribution is 7.63. The van der Waals surface area contributed by atoms with Gasteiger partial charge in [-0.05, 0) is 75.3 Å². The molecule has 0 radical (unpaired) electrons. The van der Waals surface area contributed by atoms with E-state index in [-0.39, 0.29) is 12.7 Å². The van der Waals surface area contributed by atoms with Gasteiger partial charge >= 0.3 is 0 Å². The minimum absolute atomic E-state index is 0.0178. The molecule has 0 N–H and O–H groups in total. The van der Waals surface area contributed by atoms with Crippen LogP contribution >= 0.6 is 7.14 Å². The fourth-order valence-electron chi connectivity index (χ4n) is 5.63. The molecule has 5 rings (SSSR count). The third kappa shape index (κ3) is 6.37. The van der Waals surface area contributed by atoms with Crippen molar-refractivity contribution < 1.29 is 23.5 Å². The molecule has 9 nitrogen and oxygen atoms in total. The van der Waals surface area contributed by atoms with Crippen molar-refractivity contribution in [2.75, 3.05) is 52.7 Å². The Balaban J connectivity index is 1.28. The number of methoxy groups -OCH3 is 2. The zero-order valence-corrected chi connectivity index (χ0v) is 24.8. The first-order valence-corrected chi connectivity index (χ1v) is 16.4. The maximum atomic E-state index is 13.8. The Labute approximate surface area is 237 Å². The molecule has 0 aromatic heterocycles. The van der Waals surface area contributed by atoms with E-state index in [9.17, 15) is 4.57 Å². The molecule has 3 aliphatic rings. The summed E-state index contributed by atoms with van der Waals surface area (Å²) >= 11 is 0. The van der Waals surface area contributed by atoms with Crippen molar-refractivity contribution in [1.82, 2.24) is 9.80 Å². The number of likely N-dealkylation sites (tertiary alicyclic amines) is 1. The van der Waals surface area contributed by atoms with Crippen molar-refractivity contribution >= 4 is 31.4 Å². The minimum atomic E-state index is -2.86. The molecule has 2 fully saturated rings. The van der Waals surface area contributed by atoms with Gasteiger partial charge in [-0.2, -0.15) is 0 Å². The molecular weight excluding hydrogens is 527 g/mol. The Morgan fingerprint density at radius 1 is 0.975 bits per heavy atom. The number of rotatable bonds is 12. The molecule has 0 amide bonds. The molecule has 3 aliphatic heterocycles. The number of benzene rings is 2. The molecule has 0 aliphatic carbocycles. The molecule has 2 aromatic carbocycles. The van der Waals surface area contributed by atoms with Crippen LogP contribution in [-0.2, 0) is 17.7 Å².